The molecule has 1 N–H and O–H groups in total. The quantitative estimate of drug-likeness (QED) is 0.597. The second kappa shape index (κ2) is 9.36. The van der Waals surface area contributed by atoms with Gasteiger partial charge in [0, 0.05) is 30.3 Å². The molecule has 0 bridgehead atoms. The molecular weight excluding hydrogens is 423 g/mol. The molecule has 2 amide bonds. The summed E-state index contributed by atoms with van der Waals surface area (Å²) in [6.07, 6.45) is 0.380. The zero-order valence-electron chi connectivity index (χ0n) is 16.0. The van der Waals surface area contributed by atoms with Gasteiger partial charge in [0.15, 0.2) is 0 Å². The molecule has 6 nitrogen and oxygen atoms in total. The van der Waals surface area contributed by atoms with Crippen molar-refractivity contribution in [2.45, 2.75) is 18.1 Å². The summed E-state index contributed by atoms with van der Waals surface area (Å²) < 4.78 is 12.9. The van der Waals surface area contributed by atoms with Gasteiger partial charge in [-0.3, -0.25) is 14.9 Å². The maximum atomic E-state index is 12.9. The molecule has 0 spiro atoms. The Balaban J connectivity index is 1.28. The molecule has 1 aromatic heterocycles. The van der Waals surface area contributed by atoms with Crippen LogP contribution in [0.3, 0.4) is 0 Å². The summed E-state index contributed by atoms with van der Waals surface area (Å²) in [5.41, 5.74) is 1.84. The molecule has 30 heavy (non-hydrogen) atoms. The minimum Gasteiger partial charge on any atom is -0.312 e. The average molecular weight is 443 g/mol. The van der Waals surface area contributed by atoms with Crippen LogP contribution in [0, 0.1) is 5.82 Å². The number of rotatable bonds is 7. The normalized spacial score (nSPS) is 16.1. The van der Waals surface area contributed by atoms with Crippen LogP contribution < -0.4 is 10.2 Å². The zero-order valence-corrected chi connectivity index (χ0v) is 17.6. The second-order valence-corrected chi connectivity index (χ2v) is 8.85. The van der Waals surface area contributed by atoms with Crippen LogP contribution in [-0.2, 0) is 15.3 Å². The SMILES string of the molecule is O=C(CSCc1ccc(F)cc1)Nc1nnc(C2CC(=O)N(c3ccccc3)C2)s1. The van der Waals surface area contributed by atoms with Crippen LogP contribution >= 0.6 is 23.1 Å². The van der Waals surface area contributed by atoms with Gasteiger partial charge in [-0.15, -0.1) is 22.0 Å². The van der Waals surface area contributed by atoms with Crippen LogP contribution in [0.1, 0.15) is 22.9 Å². The topological polar surface area (TPSA) is 75.2 Å². The molecule has 1 atom stereocenters. The first kappa shape index (κ1) is 20.5. The third-order valence-corrected chi connectivity index (χ3v) is 6.65. The molecule has 1 unspecified atom stereocenters. The number of benzene rings is 2. The summed E-state index contributed by atoms with van der Waals surface area (Å²) >= 11 is 2.75. The van der Waals surface area contributed by atoms with Crippen LogP contribution in [0.25, 0.3) is 0 Å². The molecule has 0 radical (unpaired) electrons. The van der Waals surface area contributed by atoms with Gasteiger partial charge >= 0.3 is 0 Å². The molecule has 1 aliphatic rings. The summed E-state index contributed by atoms with van der Waals surface area (Å²) in [4.78, 5) is 26.3. The third kappa shape index (κ3) is 5.03. The number of anilines is 2. The molecule has 1 saturated heterocycles. The van der Waals surface area contributed by atoms with E-state index in [9.17, 15) is 14.0 Å². The van der Waals surface area contributed by atoms with Gasteiger partial charge in [-0.25, -0.2) is 4.39 Å². The maximum Gasteiger partial charge on any atom is 0.236 e. The lowest BCUT2D eigenvalue weighted by Crippen LogP contribution is -2.24. The summed E-state index contributed by atoms with van der Waals surface area (Å²) in [5.74, 6) is 0.463. The van der Waals surface area contributed by atoms with E-state index < -0.39 is 0 Å². The smallest absolute Gasteiger partial charge is 0.236 e. The molecule has 9 heteroatoms. The monoisotopic (exact) mass is 442 g/mol. The van der Waals surface area contributed by atoms with Crippen molar-refractivity contribution < 1.29 is 14.0 Å². The number of carbonyl (C=O) groups is 2. The Bertz CT molecular complexity index is 1030. The van der Waals surface area contributed by atoms with Crippen molar-refractivity contribution in [3.8, 4) is 0 Å². The van der Waals surface area contributed by atoms with E-state index >= 15 is 0 Å². The van der Waals surface area contributed by atoms with Crippen LogP contribution in [0.4, 0.5) is 15.2 Å². The van der Waals surface area contributed by atoms with E-state index in [0.717, 1.165) is 16.3 Å². The summed E-state index contributed by atoms with van der Waals surface area (Å²) in [6.45, 7) is 0.555. The highest BCUT2D eigenvalue weighted by Gasteiger charge is 2.33. The van der Waals surface area contributed by atoms with E-state index in [1.807, 2.05) is 30.3 Å². The molecular formula is C21H19FN4O2S2. The predicted octanol–water partition coefficient (Wildman–Crippen LogP) is 4.07. The van der Waals surface area contributed by atoms with Crippen molar-refractivity contribution >= 4 is 45.7 Å². The van der Waals surface area contributed by atoms with Crippen LogP contribution in [0.2, 0.25) is 0 Å². The zero-order chi connectivity index (χ0) is 20.9. The number of hydrogen-bond donors (Lipinski definition) is 1. The van der Waals surface area contributed by atoms with Gasteiger partial charge in [0.05, 0.1) is 5.75 Å². The Morgan fingerprint density at radius 3 is 2.70 bits per heavy atom. The van der Waals surface area contributed by atoms with Gasteiger partial charge in [-0.2, -0.15) is 0 Å². The number of nitrogens with zero attached hydrogens (tertiary/aromatic N) is 3. The lowest BCUT2D eigenvalue weighted by Gasteiger charge is -2.15. The van der Waals surface area contributed by atoms with Crippen LogP contribution in [0.15, 0.2) is 54.6 Å². The Kier molecular flexibility index (Phi) is 6.39. The van der Waals surface area contributed by atoms with Gasteiger partial charge in [0.2, 0.25) is 16.9 Å². The first-order valence-electron chi connectivity index (χ1n) is 9.39. The molecule has 1 fully saturated rings. The fourth-order valence-corrected chi connectivity index (χ4v) is 4.82. The summed E-state index contributed by atoms with van der Waals surface area (Å²) in [7, 11) is 0. The van der Waals surface area contributed by atoms with E-state index in [1.54, 1.807) is 17.0 Å². The fourth-order valence-electron chi connectivity index (χ4n) is 3.18. The molecule has 3 aromatic rings. The molecule has 154 valence electrons. The number of carbonyl (C=O) groups excluding carboxylic acids is 2. The van der Waals surface area contributed by atoms with Gasteiger partial charge in [0.25, 0.3) is 0 Å². The number of amides is 2. The van der Waals surface area contributed by atoms with Crippen molar-refractivity contribution in [3.63, 3.8) is 0 Å². The predicted molar refractivity (Wildman–Crippen MR) is 117 cm³/mol. The van der Waals surface area contributed by atoms with Gasteiger partial charge in [-0.1, -0.05) is 41.7 Å². The molecule has 4 rings (SSSR count). The highest BCUT2D eigenvalue weighted by atomic mass is 32.2. The van der Waals surface area contributed by atoms with Crippen molar-refractivity contribution in [1.82, 2.24) is 10.2 Å². The number of aromatic nitrogens is 2. The first-order valence-corrected chi connectivity index (χ1v) is 11.4. The standard InChI is InChI=1S/C21H19FN4O2S2/c22-16-8-6-14(7-9-16)12-29-13-18(27)23-21-25-24-20(30-21)15-10-19(28)26(11-15)17-4-2-1-3-5-17/h1-9,15H,10-13H2,(H,23,25,27). The summed E-state index contributed by atoms with van der Waals surface area (Å²) in [5, 5.41) is 12.2. The highest BCUT2D eigenvalue weighted by molar-refractivity contribution is 7.99. The highest BCUT2D eigenvalue weighted by Crippen LogP contribution is 2.34. The second-order valence-electron chi connectivity index (χ2n) is 6.85. The fraction of sp³-hybridized carbons (Fsp3) is 0.238. The maximum absolute atomic E-state index is 12.9. The van der Waals surface area contributed by atoms with E-state index in [2.05, 4.69) is 15.5 Å². The van der Waals surface area contributed by atoms with Crippen molar-refractivity contribution in [2.75, 3.05) is 22.5 Å². The van der Waals surface area contributed by atoms with E-state index in [1.165, 1.54) is 35.2 Å². The van der Waals surface area contributed by atoms with Gasteiger partial charge in [0.1, 0.15) is 10.8 Å². The Morgan fingerprint density at radius 1 is 1.17 bits per heavy atom. The Labute approximate surface area is 181 Å². The number of para-hydroxylation sites is 1. The van der Waals surface area contributed by atoms with E-state index in [-0.39, 0.29) is 29.3 Å². The molecule has 0 aliphatic carbocycles. The number of thioether (sulfide) groups is 1. The van der Waals surface area contributed by atoms with Gasteiger partial charge < -0.3 is 4.90 Å². The molecule has 2 heterocycles. The van der Waals surface area contributed by atoms with Crippen LogP contribution in [-0.4, -0.2) is 34.3 Å². The minimum atomic E-state index is -0.274. The number of halogens is 1. The lowest BCUT2D eigenvalue weighted by molar-refractivity contribution is -0.117. The van der Waals surface area contributed by atoms with Crippen LogP contribution in [0.5, 0.6) is 0 Å². The third-order valence-electron chi connectivity index (χ3n) is 4.64. The largest absolute Gasteiger partial charge is 0.312 e. The number of nitrogens with one attached hydrogen (secondary N) is 1. The molecule has 0 saturated carbocycles. The van der Waals surface area contributed by atoms with E-state index in [0.29, 0.717) is 23.8 Å². The van der Waals surface area contributed by atoms with Crippen molar-refractivity contribution in [2.24, 2.45) is 0 Å². The average Bonchev–Trinajstić information content (AvgIpc) is 3.36. The lowest BCUT2D eigenvalue weighted by atomic mass is 10.1. The summed E-state index contributed by atoms with van der Waals surface area (Å²) in [6, 6.07) is 15.8. The van der Waals surface area contributed by atoms with Crippen molar-refractivity contribution in [3.05, 3.63) is 71.0 Å². The molecule has 2 aromatic carbocycles. The number of hydrogen-bond acceptors (Lipinski definition) is 6. The first-order chi connectivity index (χ1) is 14.6. The minimum absolute atomic E-state index is 0.0336. The Morgan fingerprint density at radius 2 is 1.93 bits per heavy atom. The Hall–Kier alpha value is -2.78. The van der Waals surface area contributed by atoms with Gasteiger partial charge in [-0.05, 0) is 29.8 Å². The molecule has 1 aliphatic heterocycles. The van der Waals surface area contributed by atoms with E-state index in [4.69, 9.17) is 0 Å². The van der Waals surface area contributed by atoms with Crippen molar-refractivity contribution in [1.29, 1.82) is 0 Å².